The van der Waals surface area contributed by atoms with E-state index in [9.17, 15) is 4.79 Å². The monoisotopic (exact) mass is 464 g/mol. The van der Waals surface area contributed by atoms with E-state index in [1.807, 2.05) is 21.6 Å². The van der Waals surface area contributed by atoms with Crippen LogP contribution in [0.5, 0.6) is 5.75 Å². The van der Waals surface area contributed by atoms with Gasteiger partial charge in [-0.2, -0.15) is 0 Å². The summed E-state index contributed by atoms with van der Waals surface area (Å²) in [6.07, 6.45) is 6.11. The van der Waals surface area contributed by atoms with Gasteiger partial charge in [0.1, 0.15) is 12.1 Å². The lowest BCUT2D eigenvalue weighted by atomic mass is 9.90. The molecule has 0 radical (unpaired) electrons. The number of methoxy groups -OCH3 is 1. The minimum absolute atomic E-state index is 0.184. The van der Waals surface area contributed by atoms with E-state index in [2.05, 4.69) is 54.4 Å². The summed E-state index contributed by atoms with van der Waals surface area (Å²) < 4.78 is 7.19. The largest absolute Gasteiger partial charge is 0.497 e. The van der Waals surface area contributed by atoms with Gasteiger partial charge in [-0.05, 0) is 86.4 Å². The molecule has 0 bridgehead atoms. The normalized spacial score (nSPS) is 14.5. The van der Waals surface area contributed by atoms with E-state index in [0.717, 1.165) is 48.9 Å². The third-order valence-corrected chi connectivity index (χ3v) is 7.51. The molecular formula is C26H32N4O2S. The lowest BCUT2D eigenvalue weighted by molar-refractivity contribution is -0.129. The molecule has 3 aromatic rings. The first kappa shape index (κ1) is 23.4. The van der Waals surface area contributed by atoms with Crippen molar-refractivity contribution in [3.8, 4) is 11.4 Å². The number of benzene rings is 2. The lowest BCUT2D eigenvalue weighted by Gasteiger charge is -2.32. The van der Waals surface area contributed by atoms with Crippen LogP contribution >= 0.6 is 11.8 Å². The van der Waals surface area contributed by atoms with Crippen LogP contribution in [0.25, 0.3) is 5.69 Å². The molecule has 7 heteroatoms. The van der Waals surface area contributed by atoms with Crippen LogP contribution in [-0.4, -0.2) is 51.5 Å². The van der Waals surface area contributed by atoms with Gasteiger partial charge in [0.2, 0.25) is 5.91 Å². The van der Waals surface area contributed by atoms with Gasteiger partial charge in [-0.15, -0.1) is 10.2 Å². The first-order valence-electron chi connectivity index (χ1n) is 11.5. The molecule has 0 saturated carbocycles. The number of likely N-dealkylation sites (tertiary alicyclic amines) is 1. The Morgan fingerprint density at radius 3 is 2.55 bits per heavy atom. The molecule has 1 fully saturated rings. The number of aromatic nitrogens is 3. The fourth-order valence-electron chi connectivity index (χ4n) is 4.23. The number of hydrogen-bond donors (Lipinski definition) is 0. The molecule has 174 valence electrons. The second-order valence-electron chi connectivity index (χ2n) is 8.75. The number of nitrogens with zero attached hydrogens (tertiary/aromatic N) is 4. The molecule has 2 heterocycles. The van der Waals surface area contributed by atoms with E-state index in [-0.39, 0.29) is 5.91 Å². The van der Waals surface area contributed by atoms with Gasteiger partial charge >= 0.3 is 0 Å². The first-order chi connectivity index (χ1) is 16.0. The van der Waals surface area contributed by atoms with E-state index in [4.69, 9.17) is 4.74 Å². The third kappa shape index (κ3) is 5.96. The van der Waals surface area contributed by atoms with Crippen LogP contribution in [0.4, 0.5) is 0 Å². The summed E-state index contributed by atoms with van der Waals surface area (Å²) in [5.41, 5.74) is 4.85. The molecule has 0 aliphatic carbocycles. The van der Waals surface area contributed by atoms with Crippen molar-refractivity contribution in [3.05, 3.63) is 65.5 Å². The van der Waals surface area contributed by atoms with Crippen LogP contribution in [0.3, 0.4) is 0 Å². The molecule has 0 N–H and O–H groups in total. The zero-order chi connectivity index (χ0) is 23.2. The average molecular weight is 465 g/mol. The van der Waals surface area contributed by atoms with Crippen molar-refractivity contribution < 1.29 is 9.53 Å². The number of carbonyl (C=O) groups is 1. The van der Waals surface area contributed by atoms with Crippen molar-refractivity contribution in [1.82, 2.24) is 19.7 Å². The number of hydrogen-bond acceptors (Lipinski definition) is 5. The minimum atomic E-state index is 0.184. The fourth-order valence-corrected chi connectivity index (χ4v) is 5.06. The number of ether oxygens (including phenoxy) is 1. The smallest absolute Gasteiger partial charge is 0.233 e. The molecule has 1 saturated heterocycles. The van der Waals surface area contributed by atoms with Gasteiger partial charge in [-0.1, -0.05) is 30.0 Å². The second kappa shape index (κ2) is 10.9. The highest BCUT2D eigenvalue weighted by atomic mass is 32.2. The summed E-state index contributed by atoms with van der Waals surface area (Å²) >= 11 is 1.46. The van der Waals surface area contributed by atoms with E-state index < -0.39 is 0 Å². The molecule has 4 rings (SSSR count). The van der Waals surface area contributed by atoms with Crippen LogP contribution in [0.1, 0.15) is 36.0 Å². The number of carbonyl (C=O) groups excluding carboxylic acids is 1. The molecule has 1 aliphatic rings. The zero-order valence-corrected chi connectivity index (χ0v) is 20.5. The van der Waals surface area contributed by atoms with Gasteiger partial charge in [-0.3, -0.25) is 9.36 Å². The topological polar surface area (TPSA) is 60.2 Å². The fraction of sp³-hybridized carbons (Fsp3) is 0.423. The molecule has 2 aromatic carbocycles. The molecule has 33 heavy (non-hydrogen) atoms. The van der Waals surface area contributed by atoms with Gasteiger partial charge in [0.25, 0.3) is 0 Å². The quantitative estimate of drug-likeness (QED) is 0.446. The molecule has 6 nitrogen and oxygen atoms in total. The third-order valence-electron chi connectivity index (χ3n) is 6.58. The summed E-state index contributed by atoms with van der Waals surface area (Å²) in [5.74, 6) is 2.15. The van der Waals surface area contributed by atoms with Gasteiger partial charge in [-0.25, -0.2) is 0 Å². The Morgan fingerprint density at radius 2 is 1.85 bits per heavy atom. The lowest BCUT2D eigenvalue weighted by Crippen LogP contribution is -2.39. The highest BCUT2D eigenvalue weighted by molar-refractivity contribution is 7.99. The number of piperidine rings is 1. The van der Waals surface area contributed by atoms with E-state index in [1.54, 1.807) is 13.4 Å². The molecule has 1 amide bonds. The van der Waals surface area contributed by atoms with Crippen molar-refractivity contribution in [1.29, 1.82) is 0 Å². The average Bonchev–Trinajstić information content (AvgIpc) is 3.32. The zero-order valence-electron chi connectivity index (χ0n) is 19.7. The standard InChI is InChI=1S/C26H32N4O2S/c1-19-4-9-23(16-20(19)2)30-18-27-28-26(30)33-17-25(31)29-14-12-22(13-15-29)6-5-21-7-10-24(32-3)11-8-21/h4,7-11,16,18,22H,5-6,12-15,17H2,1-3H3. The van der Waals surface area contributed by atoms with Crippen LogP contribution in [0.15, 0.2) is 53.9 Å². The van der Waals surface area contributed by atoms with E-state index in [1.165, 1.54) is 34.9 Å². The number of thioether (sulfide) groups is 1. The maximum Gasteiger partial charge on any atom is 0.233 e. The van der Waals surface area contributed by atoms with Crippen LogP contribution < -0.4 is 4.74 Å². The maximum atomic E-state index is 12.8. The predicted molar refractivity (Wildman–Crippen MR) is 132 cm³/mol. The summed E-state index contributed by atoms with van der Waals surface area (Å²) in [7, 11) is 1.69. The maximum absolute atomic E-state index is 12.8. The SMILES string of the molecule is COc1ccc(CCC2CCN(C(=O)CSc3nncn3-c3ccc(C)c(C)c3)CC2)cc1. The summed E-state index contributed by atoms with van der Waals surface area (Å²) in [4.78, 5) is 14.8. The second-order valence-corrected chi connectivity index (χ2v) is 9.69. The van der Waals surface area contributed by atoms with Gasteiger partial charge in [0, 0.05) is 18.8 Å². The van der Waals surface area contributed by atoms with Crippen molar-refractivity contribution in [2.75, 3.05) is 26.0 Å². The minimum Gasteiger partial charge on any atom is -0.497 e. The number of aryl methyl sites for hydroxylation is 3. The first-order valence-corrected chi connectivity index (χ1v) is 12.5. The molecule has 0 atom stereocenters. The Kier molecular flexibility index (Phi) is 7.70. The molecule has 0 spiro atoms. The summed E-state index contributed by atoms with van der Waals surface area (Å²) in [6, 6.07) is 14.6. The van der Waals surface area contributed by atoms with Gasteiger partial charge in [0.15, 0.2) is 5.16 Å². The van der Waals surface area contributed by atoms with Crippen LogP contribution in [0.2, 0.25) is 0 Å². The van der Waals surface area contributed by atoms with Crippen LogP contribution in [0, 0.1) is 19.8 Å². The highest BCUT2D eigenvalue weighted by Crippen LogP contribution is 2.25. The summed E-state index contributed by atoms with van der Waals surface area (Å²) in [5, 5.41) is 9.05. The van der Waals surface area contributed by atoms with Crippen molar-refractivity contribution >= 4 is 17.7 Å². The molecule has 0 unspecified atom stereocenters. The summed E-state index contributed by atoms with van der Waals surface area (Å²) in [6.45, 7) is 5.88. The van der Waals surface area contributed by atoms with E-state index >= 15 is 0 Å². The molecule has 1 aliphatic heterocycles. The molecular weight excluding hydrogens is 432 g/mol. The van der Waals surface area contributed by atoms with Gasteiger partial charge in [0.05, 0.1) is 12.9 Å². The Bertz CT molecular complexity index is 1070. The van der Waals surface area contributed by atoms with E-state index in [0.29, 0.717) is 11.7 Å². The van der Waals surface area contributed by atoms with Crippen molar-refractivity contribution in [3.63, 3.8) is 0 Å². The van der Waals surface area contributed by atoms with Crippen molar-refractivity contribution in [2.24, 2.45) is 5.92 Å². The Balaban J connectivity index is 1.24. The van der Waals surface area contributed by atoms with Crippen LogP contribution in [-0.2, 0) is 11.2 Å². The Labute approximate surface area is 200 Å². The number of rotatable bonds is 8. The Morgan fingerprint density at radius 1 is 1.09 bits per heavy atom. The molecule has 1 aromatic heterocycles. The Hall–Kier alpha value is -2.80. The van der Waals surface area contributed by atoms with Crippen molar-refractivity contribution in [2.45, 2.75) is 44.7 Å². The number of amides is 1. The van der Waals surface area contributed by atoms with Gasteiger partial charge < -0.3 is 9.64 Å². The highest BCUT2D eigenvalue weighted by Gasteiger charge is 2.23. The predicted octanol–water partition coefficient (Wildman–Crippen LogP) is 4.86.